The van der Waals surface area contributed by atoms with Gasteiger partial charge in [0.05, 0.1) is 22.2 Å². The minimum absolute atomic E-state index is 0.187. The number of ether oxygens (including phenoxy) is 2. The molecule has 4 nitrogen and oxygen atoms in total. The van der Waals surface area contributed by atoms with Crippen molar-refractivity contribution in [2.24, 2.45) is 0 Å². The Balaban J connectivity index is 2.09. The van der Waals surface area contributed by atoms with Gasteiger partial charge in [0.25, 0.3) is 5.91 Å². The fourth-order valence-electron chi connectivity index (χ4n) is 1.96. The summed E-state index contributed by atoms with van der Waals surface area (Å²) in [6, 6.07) is 10.9. The standard InChI is InChI=1S/C17H16BrCl2NO3/c1-23-8-9-24-14-7-6-13(19)15(16(14)20)17(22)21-10-11-2-4-12(18)5-3-11/h2-7H,8-10H2,1H3,(H,21,22). The Labute approximate surface area is 159 Å². The molecule has 2 aromatic carbocycles. The predicted octanol–water partition coefficient (Wildman–Crippen LogP) is 4.71. The Morgan fingerprint density at radius 2 is 1.83 bits per heavy atom. The van der Waals surface area contributed by atoms with Crippen molar-refractivity contribution in [1.82, 2.24) is 5.32 Å². The number of hydrogen-bond donors (Lipinski definition) is 1. The summed E-state index contributed by atoms with van der Waals surface area (Å²) in [4.78, 5) is 12.4. The third-order valence-electron chi connectivity index (χ3n) is 3.19. The number of carbonyl (C=O) groups is 1. The topological polar surface area (TPSA) is 47.6 Å². The normalized spacial score (nSPS) is 10.5. The van der Waals surface area contributed by atoms with E-state index in [-0.39, 0.29) is 21.5 Å². The summed E-state index contributed by atoms with van der Waals surface area (Å²) in [6.45, 7) is 1.12. The SMILES string of the molecule is COCCOc1ccc(Cl)c(C(=O)NCc2ccc(Br)cc2)c1Cl. The van der Waals surface area contributed by atoms with Crippen LogP contribution in [0.25, 0.3) is 0 Å². The monoisotopic (exact) mass is 431 g/mol. The zero-order valence-corrected chi connectivity index (χ0v) is 16.0. The number of rotatable bonds is 7. The summed E-state index contributed by atoms with van der Waals surface area (Å²) in [5, 5.41) is 3.27. The lowest BCUT2D eigenvalue weighted by atomic mass is 10.1. The molecule has 0 aromatic heterocycles. The van der Waals surface area contributed by atoms with Crippen LogP contribution in [-0.4, -0.2) is 26.2 Å². The smallest absolute Gasteiger partial charge is 0.254 e. The van der Waals surface area contributed by atoms with Gasteiger partial charge in [-0.3, -0.25) is 4.79 Å². The zero-order chi connectivity index (χ0) is 17.5. The summed E-state index contributed by atoms with van der Waals surface area (Å²) in [6.07, 6.45) is 0. The molecule has 1 N–H and O–H groups in total. The van der Waals surface area contributed by atoms with E-state index in [4.69, 9.17) is 32.7 Å². The first-order valence-corrected chi connectivity index (χ1v) is 8.70. The number of amides is 1. The molecule has 128 valence electrons. The Hall–Kier alpha value is -1.27. The van der Waals surface area contributed by atoms with Crippen LogP contribution in [0.2, 0.25) is 10.0 Å². The van der Waals surface area contributed by atoms with Gasteiger partial charge in [0.15, 0.2) is 0 Å². The average molecular weight is 433 g/mol. The van der Waals surface area contributed by atoms with E-state index in [0.717, 1.165) is 10.0 Å². The van der Waals surface area contributed by atoms with Gasteiger partial charge in [-0.2, -0.15) is 0 Å². The molecule has 0 spiro atoms. The Morgan fingerprint density at radius 1 is 1.12 bits per heavy atom. The van der Waals surface area contributed by atoms with Gasteiger partial charge in [0.1, 0.15) is 12.4 Å². The minimum atomic E-state index is -0.356. The maximum atomic E-state index is 12.4. The van der Waals surface area contributed by atoms with Gasteiger partial charge in [-0.15, -0.1) is 0 Å². The molecule has 0 unspecified atom stereocenters. The molecule has 0 heterocycles. The number of methoxy groups -OCH3 is 1. The largest absolute Gasteiger partial charge is 0.490 e. The number of halogens is 3. The van der Waals surface area contributed by atoms with Crippen molar-refractivity contribution in [3.05, 3.63) is 62.0 Å². The molecule has 0 fully saturated rings. The first kappa shape index (κ1) is 19.1. The van der Waals surface area contributed by atoms with E-state index < -0.39 is 0 Å². The van der Waals surface area contributed by atoms with Crippen molar-refractivity contribution < 1.29 is 14.3 Å². The highest BCUT2D eigenvalue weighted by molar-refractivity contribution is 9.10. The van der Waals surface area contributed by atoms with Crippen LogP contribution >= 0.6 is 39.1 Å². The van der Waals surface area contributed by atoms with E-state index in [1.165, 1.54) is 0 Å². The van der Waals surface area contributed by atoms with Gasteiger partial charge in [-0.25, -0.2) is 0 Å². The Morgan fingerprint density at radius 3 is 2.50 bits per heavy atom. The van der Waals surface area contributed by atoms with E-state index in [2.05, 4.69) is 21.2 Å². The molecule has 0 saturated carbocycles. The fourth-order valence-corrected chi connectivity index (χ4v) is 2.82. The second-order valence-electron chi connectivity index (χ2n) is 4.88. The fraction of sp³-hybridized carbons (Fsp3) is 0.235. The number of hydrogen-bond acceptors (Lipinski definition) is 3. The van der Waals surface area contributed by atoms with Crippen molar-refractivity contribution in [3.63, 3.8) is 0 Å². The number of nitrogens with one attached hydrogen (secondary N) is 1. The van der Waals surface area contributed by atoms with Crippen LogP contribution in [0.15, 0.2) is 40.9 Å². The summed E-state index contributed by atoms with van der Waals surface area (Å²) >= 11 is 15.8. The highest BCUT2D eigenvalue weighted by Gasteiger charge is 2.18. The third kappa shape index (κ3) is 5.11. The molecular weight excluding hydrogens is 417 g/mol. The van der Waals surface area contributed by atoms with Crippen molar-refractivity contribution in [1.29, 1.82) is 0 Å². The second-order valence-corrected chi connectivity index (χ2v) is 6.59. The highest BCUT2D eigenvalue weighted by Crippen LogP contribution is 2.33. The van der Waals surface area contributed by atoms with Gasteiger partial charge in [-0.1, -0.05) is 51.3 Å². The first-order valence-electron chi connectivity index (χ1n) is 7.15. The molecule has 0 saturated heterocycles. The quantitative estimate of drug-likeness (QED) is 0.644. The lowest BCUT2D eigenvalue weighted by molar-refractivity contribution is 0.0950. The molecule has 2 rings (SSSR count). The van der Waals surface area contributed by atoms with E-state index in [1.807, 2.05) is 24.3 Å². The molecule has 2 aromatic rings. The first-order chi connectivity index (χ1) is 11.5. The highest BCUT2D eigenvalue weighted by atomic mass is 79.9. The maximum Gasteiger partial charge on any atom is 0.254 e. The van der Waals surface area contributed by atoms with Crippen LogP contribution < -0.4 is 10.1 Å². The average Bonchev–Trinajstić information content (AvgIpc) is 2.56. The lowest BCUT2D eigenvalue weighted by Crippen LogP contribution is -2.23. The summed E-state index contributed by atoms with van der Waals surface area (Å²) < 4.78 is 11.4. The van der Waals surface area contributed by atoms with Gasteiger partial charge < -0.3 is 14.8 Å². The molecule has 7 heteroatoms. The molecule has 0 aliphatic carbocycles. The van der Waals surface area contributed by atoms with E-state index >= 15 is 0 Å². The van der Waals surface area contributed by atoms with Crippen LogP contribution in [0, 0.1) is 0 Å². The van der Waals surface area contributed by atoms with Gasteiger partial charge in [0.2, 0.25) is 0 Å². The maximum absolute atomic E-state index is 12.4. The van der Waals surface area contributed by atoms with Crippen LogP contribution in [0.5, 0.6) is 5.75 Å². The van der Waals surface area contributed by atoms with Crippen LogP contribution in [0.1, 0.15) is 15.9 Å². The molecule has 0 aliphatic heterocycles. The zero-order valence-electron chi connectivity index (χ0n) is 12.9. The van der Waals surface area contributed by atoms with Crippen molar-refractivity contribution in [3.8, 4) is 5.75 Å². The number of carbonyl (C=O) groups excluding carboxylic acids is 1. The van der Waals surface area contributed by atoms with Crippen LogP contribution in [0.3, 0.4) is 0 Å². The molecule has 1 amide bonds. The summed E-state index contributed by atoms with van der Waals surface area (Å²) in [7, 11) is 1.58. The van der Waals surface area contributed by atoms with E-state index in [9.17, 15) is 4.79 Å². The Kier molecular flexibility index (Phi) is 7.37. The van der Waals surface area contributed by atoms with Gasteiger partial charge in [-0.05, 0) is 29.8 Å². The van der Waals surface area contributed by atoms with Crippen molar-refractivity contribution >= 4 is 45.0 Å². The summed E-state index contributed by atoms with van der Waals surface area (Å²) in [5.74, 6) is 0.0389. The third-order valence-corrected chi connectivity index (χ3v) is 4.41. The molecule has 0 atom stereocenters. The van der Waals surface area contributed by atoms with Gasteiger partial charge >= 0.3 is 0 Å². The molecule has 24 heavy (non-hydrogen) atoms. The minimum Gasteiger partial charge on any atom is -0.490 e. The molecule has 0 bridgehead atoms. The van der Waals surface area contributed by atoms with Crippen molar-refractivity contribution in [2.75, 3.05) is 20.3 Å². The molecule has 0 aliphatic rings. The van der Waals surface area contributed by atoms with E-state index in [0.29, 0.717) is 25.5 Å². The molecular formula is C17H16BrCl2NO3. The molecule has 0 radical (unpaired) electrons. The summed E-state index contributed by atoms with van der Waals surface area (Å²) in [5.41, 5.74) is 1.16. The van der Waals surface area contributed by atoms with Crippen LogP contribution in [0.4, 0.5) is 0 Å². The number of benzene rings is 2. The second kappa shape index (κ2) is 9.28. The predicted molar refractivity (Wildman–Crippen MR) is 99.1 cm³/mol. The lowest BCUT2D eigenvalue weighted by Gasteiger charge is -2.13. The van der Waals surface area contributed by atoms with E-state index in [1.54, 1.807) is 19.2 Å². The van der Waals surface area contributed by atoms with Crippen LogP contribution in [-0.2, 0) is 11.3 Å². The van der Waals surface area contributed by atoms with Crippen molar-refractivity contribution in [2.45, 2.75) is 6.54 Å². The Bertz CT molecular complexity index is 708. The van der Waals surface area contributed by atoms with Gasteiger partial charge in [0, 0.05) is 18.1 Å².